The van der Waals surface area contributed by atoms with Crippen molar-refractivity contribution in [1.29, 1.82) is 0 Å². The van der Waals surface area contributed by atoms with Crippen molar-refractivity contribution in [3.05, 3.63) is 59.8 Å². The first-order chi connectivity index (χ1) is 12.6. The highest BCUT2D eigenvalue weighted by Gasteiger charge is 2.16. The standard InChI is InChI=1S/C20H27N5O.3ClH/c1-24-9-11-25(12-10-24)19-13-16(7-8-22-19)15-23-20(26)14-18(21)17-5-3-2-4-6-17;;;/h2-8,13,18H,9-12,14-15,21H2,1H3,(H,23,26);3*1H. The molecule has 1 unspecified atom stereocenters. The van der Waals surface area contributed by atoms with Gasteiger partial charge in [0, 0.05) is 51.4 Å². The number of hydrogen-bond acceptors (Lipinski definition) is 5. The third kappa shape index (κ3) is 8.36. The van der Waals surface area contributed by atoms with Gasteiger partial charge in [-0.2, -0.15) is 0 Å². The molecule has 3 rings (SSSR count). The molecule has 6 nitrogen and oxygen atoms in total. The van der Waals surface area contributed by atoms with E-state index in [0.29, 0.717) is 6.54 Å². The Hall–Kier alpha value is -1.57. The highest BCUT2D eigenvalue weighted by atomic mass is 35.5. The van der Waals surface area contributed by atoms with Crippen LogP contribution in [-0.2, 0) is 11.3 Å². The molecule has 1 aromatic heterocycles. The summed E-state index contributed by atoms with van der Waals surface area (Å²) in [5.41, 5.74) is 8.14. The summed E-state index contributed by atoms with van der Waals surface area (Å²) in [6.07, 6.45) is 2.09. The maximum absolute atomic E-state index is 12.2. The van der Waals surface area contributed by atoms with Crippen LogP contribution in [0.2, 0.25) is 0 Å². The Kier molecular flexibility index (Phi) is 12.9. The Morgan fingerprint density at radius 3 is 2.41 bits per heavy atom. The Morgan fingerprint density at radius 1 is 1.10 bits per heavy atom. The number of aromatic nitrogens is 1. The molecular weight excluding hydrogens is 433 g/mol. The number of piperazine rings is 1. The molecule has 0 aliphatic carbocycles. The number of benzene rings is 1. The van der Waals surface area contributed by atoms with Crippen LogP contribution < -0.4 is 16.0 Å². The summed E-state index contributed by atoms with van der Waals surface area (Å²) in [6.45, 7) is 4.53. The number of pyridine rings is 1. The average molecular weight is 463 g/mol. The summed E-state index contributed by atoms with van der Waals surface area (Å²) < 4.78 is 0. The molecule has 0 bridgehead atoms. The number of likely N-dealkylation sites (N-methyl/N-ethyl adjacent to an activating group) is 1. The molecule has 1 amide bonds. The van der Waals surface area contributed by atoms with Crippen LogP contribution in [0.25, 0.3) is 0 Å². The lowest BCUT2D eigenvalue weighted by Gasteiger charge is -2.33. The van der Waals surface area contributed by atoms with Crippen molar-refractivity contribution in [2.45, 2.75) is 19.0 Å². The van der Waals surface area contributed by atoms with Crippen LogP contribution in [0.1, 0.15) is 23.6 Å². The fraction of sp³-hybridized carbons (Fsp3) is 0.400. The molecule has 1 saturated heterocycles. The van der Waals surface area contributed by atoms with Crippen LogP contribution in [0.3, 0.4) is 0 Å². The molecule has 1 aromatic carbocycles. The van der Waals surface area contributed by atoms with E-state index in [9.17, 15) is 4.79 Å². The largest absolute Gasteiger partial charge is 0.354 e. The molecule has 29 heavy (non-hydrogen) atoms. The topological polar surface area (TPSA) is 74.5 Å². The molecular formula is C20H30Cl3N5O. The van der Waals surface area contributed by atoms with Crippen molar-refractivity contribution >= 4 is 48.9 Å². The Morgan fingerprint density at radius 2 is 1.76 bits per heavy atom. The van der Waals surface area contributed by atoms with Gasteiger partial charge in [0.1, 0.15) is 5.82 Å². The van der Waals surface area contributed by atoms with Crippen LogP contribution >= 0.6 is 37.2 Å². The predicted octanol–water partition coefficient (Wildman–Crippen LogP) is 2.81. The van der Waals surface area contributed by atoms with Crippen molar-refractivity contribution in [3.8, 4) is 0 Å². The zero-order chi connectivity index (χ0) is 18.4. The first-order valence-electron chi connectivity index (χ1n) is 9.07. The highest BCUT2D eigenvalue weighted by molar-refractivity contribution is 5.86. The normalized spacial score (nSPS) is 14.6. The molecule has 162 valence electrons. The van der Waals surface area contributed by atoms with Crippen LogP contribution in [0.4, 0.5) is 5.82 Å². The third-order valence-corrected chi connectivity index (χ3v) is 4.76. The second kappa shape index (κ2) is 13.6. The van der Waals surface area contributed by atoms with Gasteiger partial charge in [0.25, 0.3) is 0 Å². The lowest BCUT2D eigenvalue weighted by Crippen LogP contribution is -2.44. The molecule has 0 spiro atoms. The second-order valence-electron chi connectivity index (χ2n) is 6.81. The summed E-state index contributed by atoms with van der Waals surface area (Å²) in [4.78, 5) is 21.3. The van der Waals surface area contributed by atoms with E-state index in [2.05, 4.69) is 33.2 Å². The Bertz CT molecular complexity index is 727. The molecule has 9 heteroatoms. The Labute approximate surface area is 191 Å². The van der Waals surface area contributed by atoms with Crippen molar-refractivity contribution in [2.24, 2.45) is 5.73 Å². The first kappa shape index (κ1) is 27.4. The summed E-state index contributed by atoms with van der Waals surface area (Å²) in [6, 6.07) is 13.4. The van der Waals surface area contributed by atoms with Gasteiger partial charge in [-0.15, -0.1) is 37.2 Å². The molecule has 0 saturated carbocycles. The van der Waals surface area contributed by atoms with Crippen molar-refractivity contribution in [3.63, 3.8) is 0 Å². The quantitative estimate of drug-likeness (QED) is 0.690. The summed E-state index contributed by atoms with van der Waals surface area (Å²) in [5, 5.41) is 2.96. The fourth-order valence-electron chi connectivity index (χ4n) is 3.07. The monoisotopic (exact) mass is 461 g/mol. The predicted molar refractivity (Wildman–Crippen MR) is 126 cm³/mol. The smallest absolute Gasteiger partial charge is 0.222 e. The molecule has 3 N–H and O–H groups in total. The number of hydrogen-bond donors (Lipinski definition) is 2. The first-order valence-corrected chi connectivity index (χ1v) is 9.07. The van der Waals surface area contributed by atoms with E-state index in [1.165, 1.54) is 0 Å². The van der Waals surface area contributed by atoms with Crippen LogP contribution in [0.5, 0.6) is 0 Å². The van der Waals surface area contributed by atoms with Gasteiger partial charge in [-0.25, -0.2) is 4.98 Å². The maximum atomic E-state index is 12.2. The number of rotatable bonds is 6. The van der Waals surface area contributed by atoms with E-state index in [4.69, 9.17) is 5.73 Å². The fourth-order valence-corrected chi connectivity index (χ4v) is 3.07. The molecule has 1 aliphatic heterocycles. The molecule has 1 fully saturated rings. The van der Waals surface area contributed by atoms with Gasteiger partial charge in [-0.1, -0.05) is 30.3 Å². The van der Waals surface area contributed by atoms with E-state index in [1.807, 2.05) is 42.6 Å². The number of carbonyl (C=O) groups excluding carboxylic acids is 1. The molecule has 2 aromatic rings. The lowest BCUT2D eigenvalue weighted by molar-refractivity contribution is -0.121. The number of nitrogens with one attached hydrogen (secondary N) is 1. The summed E-state index contributed by atoms with van der Waals surface area (Å²) in [5.74, 6) is 0.935. The summed E-state index contributed by atoms with van der Waals surface area (Å²) in [7, 11) is 2.14. The third-order valence-electron chi connectivity index (χ3n) is 4.76. The van der Waals surface area contributed by atoms with Gasteiger partial charge in [-0.3, -0.25) is 4.79 Å². The molecule has 2 heterocycles. The van der Waals surface area contributed by atoms with Gasteiger partial charge >= 0.3 is 0 Å². The molecule has 0 radical (unpaired) electrons. The van der Waals surface area contributed by atoms with Crippen molar-refractivity contribution in [2.75, 3.05) is 38.1 Å². The van der Waals surface area contributed by atoms with Crippen molar-refractivity contribution in [1.82, 2.24) is 15.2 Å². The van der Waals surface area contributed by atoms with E-state index in [0.717, 1.165) is 43.1 Å². The van der Waals surface area contributed by atoms with Gasteiger partial charge in [-0.05, 0) is 30.3 Å². The van der Waals surface area contributed by atoms with Crippen molar-refractivity contribution < 1.29 is 4.79 Å². The molecule has 1 atom stereocenters. The van der Waals surface area contributed by atoms with Crippen LogP contribution in [0, 0.1) is 0 Å². The Balaban J connectivity index is 0.00000261. The number of halogens is 3. The highest BCUT2D eigenvalue weighted by Crippen LogP contribution is 2.16. The minimum atomic E-state index is -0.283. The lowest BCUT2D eigenvalue weighted by atomic mass is 10.0. The van der Waals surface area contributed by atoms with E-state index in [1.54, 1.807) is 0 Å². The van der Waals surface area contributed by atoms with Gasteiger partial charge < -0.3 is 20.9 Å². The van der Waals surface area contributed by atoms with E-state index < -0.39 is 0 Å². The van der Waals surface area contributed by atoms with E-state index in [-0.39, 0.29) is 55.6 Å². The number of carbonyl (C=O) groups is 1. The van der Waals surface area contributed by atoms with Gasteiger partial charge in [0.2, 0.25) is 5.91 Å². The zero-order valence-electron chi connectivity index (χ0n) is 16.5. The van der Waals surface area contributed by atoms with Crippen LogP contribution in [0.15, 0.2) is 48.7 Å². The van der Waals surface area contributed by atoms with E-state index >= 15 is 0 Å². The zero-order valence-corrected chi connectivity index (χ0v) is 18.9. The number of anilines is 1. The van der Waals surface area contributed by atoms with Crippen LogP contribution in [-0.4, -0.2) is 49.0 Å². The minimum absolute atomic E-state index is 0. The average Bonchev–Trinajstić information content (AvgIpc) is 2.68. The maximum Gasteiger partial charge on any atom is 0.222 e. The van der Waals surface area contributed by atoms with Gasteiger partial charge in [0.15, 0.2) is 0 Å². The number of nitrogens with two attached hydrogens (primary N) is 1. The number of nitrogens with zero attached hydrogens (tertiary/aromatic N) is 3. The minimum Gasteiger partial charge on any atom is -0.354 e. The van der Waals surface area contributed by atoms with Gasteiger partial charge in [0.05, 0.1) is 0 Å². The second-order valence-corrected chi connectivity index (χ2v) is 6.81. The number of amides is 1. The molecule has 1 aliphatic rings. The summed E-state index contributed by atoms with van der Waals surface area (Å²) >= 11 is 0. The SMILES string of the molecule is CN1CCN(c2cc(CNC(=O)CC(N)c3ccccc3)ccn2)CC1.Cl.Cl.Cl.